The fourth-order valence-corrected chi connectivity index (χ4v) is 2.84. The Morgan fingerprint density at radius 3 is 2.53 bits per heavy atom. The fraction of sp³-hybridized carbons (Fsp3) is 0.0667. The molecule has 0 unspecified atom stereocenters. The molecule has 1 aromatic heterocycles. The average molecular weight is 334 g/mol. The maximum absolute atomic E-state index is 6.28. The molecule has 0 saturated carbocycles. The second-order valence-corrected chi connectivity index (χ2v) is 5.60. The Kier molecular flexibility index (Phi) is 3.25. The summed E-state index contributed by atoms with van der Waals surface area (Å²) in [5.41, 5.74) is 2.93. The molecule has 0 aliphatic heterocycles. The third-order valence-corrected chi connectivity index (χ3v) is 3.69. The molecule has 4 heteroatoms. The van der Waals surface area contributed by atoms with E-state index in [1.54, 1.807) is 0 Å². The zero-order chi connectivity index (χ0) is 13.4. The van der Waals surface area contributed by atoms with E-state index in [0.717, 1.165) is 26.5 Å². The molecule has 0 fully saturated rings. The minimum absolute atomic E-state index is 0.480. The number of halogens is 2. The minimum atomic E-state index is 0.480. The third-order valence-electron chi connectivity index (χ3n) is 2.94. The van der Waals surface area contributed by atoms with Gasteiger partial charge in [-0.3, -0.25) is 0 Å². The normalized spacial score (nSPS) is 10.9. The lowest BCUT2D eigenvalue weighted by molar-refractivity contribution is 1.21. The van der Waals surface area contributed by atoms with Crippen LogP contribution in [0.3, 0.4) is 0 Å². The maximum Gasteiger partial charge on any atom is 0.161 e. The quantitative estimate of drug-likeness (QED) is 0.584. The van der Waals surface area contributed by atoms with Gasteiger partial charge in [-0.1, -0.05) is 57.9 Å². The lowest BCUT2D eigenvalue weighted by atomic mass is 10.1. The van der Waals surface area contributed by atoms with Crippen molar-refractivity contribution in [3.05, 3.63) is 57.7 Å². The molecule has 0 saturated heterocycles. The standard InChI is InChI=1S/C15H10BrClN2/c1-9-7-11(16)8-12-13(9)18-15(19-14(12)17)10-5-3-2-4-6-10/h2-8H,1H3. The van der Waals surface area contributed by atoms with Crippen molar-refractivity contribution in [1.82, 2.24) is 9.97 Å². The van der Waals surface area contributed by atoms with Crippen molar-refractivity contribution < 1.29 is 0 Å². The number of fused-ring (bicyclic) bond motifs is 1. The summed E-state index contributed by atoms with van der Waals surface area (Å²) >= 11 is 9.75. The smallest absolute Gasteiger partial charge is 0.161 e. The number of aryl methyl sites for hydroxylation is 1. The summed E-state index contributed by atoms with van der Waals surface area (Å²) in [6, 6.07) is 13.8. The van der Waals surface area contributed by atoms with Crippen LogP contribution in [0.4, 0.5) is 0 Å². The summed E-state index contributed by atoms with van der Waals surface area (Å²) < 4.78 is 0.982. The van der Waals surface area contributed by atoms with Crippen LogP contribution in [0.5, 0.6) is 0 Å². The Morgan fingerprint density at radius 1 is 1.05 bits per heavy atom. The summed E-state index contributed by atoms with van der Waals surface area (Å²) in [6.45, 7) is 2.02. The molecule has 2 nitrogen and oxygen atoms in total. The monoisotopic (exact) mass is 332 g/mol. The molecule has 0 amide bonds. The Labute approximate surface area is 124 Å². The highest BCUT2D eigenvalue weighted by Crippen LogP contribution is 2.29. The van der Waals surface area contributed by atoms with Gasteiger partial charge in [0.1, 0.15) is 5.15 Å². The van der Waals surface area contributed by atoms with Crippen molar-refractivity contribution in [3.63, 3.8) is 0 Å². The molecule has 0 atom stereocenters. The van der Waals surface area contributed by atoms with Gasteiger partial charge in [0.05, 0.1) is 5.52 Å². The highest BCUT2D eigenvalue weighted by molar-refractivity contribution is 9.10. The zero-order valence-electron chi connectivity index (χ0n) is 10.2. The van der Waals surface area contributed by atoms with Crippen molar-refractivity contribution in [3.8, 4) is 11.4 Å². The molecular weight excluding hydrogens is 324 g/mol. The molecule has 3 aromatic rings. The molecule has 94 valence electrons. The van der Waals surface area contributed by atoms with Gasteiger partial charge in [-0.15, -0.1) is 0 Å². The largest absolute Gasteiger partial charge is 0.228 e. The van der Waals surface area contributed by atoms with Crippen LogP contribution in [-0.4, -0.2) is 9.97 Å². The average Bonchev–Trinajstić information content (AvgIpc) is 2.41. The van der Waals surface area contributed by atoms with Crippen LogP contribution in [0.15, 0.2) is 46.9 Å². The lowest BCUT2D eigenvalue weighted by Gasteiger charge is -2.07. The van der Waals surface area contributed by atoms with Gasteiger partial charge in [0.2, 0.25) is 0 Å². The van der Waals surface area contributed by atoms with Crippen LogP contribution >= 0.6 is 27.5 Å². The summed E-state index contributed by atoms with van der Waals surface area (Å²) in [6.07, 6.45) is 0. The molecule has 3 rings (SSSR count). The number of rotatable bonds is 1. The van der Waals surface area contributed by atoms with Crippen molar-refractivity contribution in [2.75, 3.05) is 0 Å². The predicted octanol–water partition coefficient (Wildman–Crippen LogP) is 5.02. The van der Waals surface area contributed by atoms with E-state index in [4.69, 9.17) is 11.6 Å². The summed E-state index contributed by atoms with van der Waals surface area (Å²) in [5.74, 6) is 0.656. The molecule has 1 heterocycles. The highest BCUT2D eigenvalue weighted by atomic mass is 79.9. The minimum Gasteiger partial charge on any atom is -0.228 e. The van der Waals surface area contributed by atoms with Crippen LogP contribution in [0.1, 0.15) is 5.56 Å². The topological polar surface area (TPSA) is 25.8 Å². The number of aromatic nitrogens is 2. The molecule has 2 aromatic carbocycles. The van der Waals surface area contributed by atoms with E-state index in [9.17, 15) is 0 Å². The third kappa shape index (κ3) is 2.36. The van der Waals surface area contributed by atoms with E-state index in [1.165, 1.54) is 0 Å². The first-order valence-electron chi connectivity index (χ1n) is 5.84. The van der Waals surface area contributed by atoms with E-state index in [2.05, 4.69) is 25.9 Å². The van der Waals surface area contributed by atoms with Crippen molar-refractivity contribution in [2.45, 2.75) is 6.92 Å². The van der Waals surface area contributed by atoms with E-state index < -0.39 is 0 Å². The van der Waals surface area contributed by atoms with Crippen LogP contribution in [-0.2, 0) is 0 Å². The molecule has 0 aliphatic carbocycles. The Balaban J connectivity index is 2.31. The first kappa shape index (κ1) is 12.6. The summed E-state index contributed by atoms with van der Waals surface area (Å²) in [7, 11) is 0. The van der Waals surface area contributed by atoms with E-state index in [0.29, 0.717) is 11.0 Å². The van der Waals surface area contributed by atoms with Gasteiger partial charge in [-0.25, -0.2) is 9.97 Å². The second-order valence-electron chi connectivity index (χ2n) is 4.32. The first-order chi connectivity index (χ1) is 9.15. The molecule has 19 heavy (non-hydrogen) atoms. The predicted molar refractivity (Wildman–Crippen MR) is 82.4 cm³/mol. The van der Waals surface area contributed by atoms with Gasteiger partial charge in [-0.05, 0) is 24.6 Å². The summed E-state index contributed by atoms with van der Waals surface area (Å²) in [5, 5.41) is 1.35. The number of benzene rings is 2. The molecule has 0 spiro atoms. The van der Waals surface area contributed by atoms with Gasteiger partial charge in [0.15, 0.2) is 5.82 Å². The van der Waals surface area contributed by atoms with Crippen LogP contribution < -0.4 is 0 Å². The van der Waals surface area contributed by atoms with E-state index >= 15 is 0 Å². The Morgan fingerprint density at radius 2 is 1.79 bits per heavy atom. The highest BCUT2D eigenvalue weighted by Gasteiger charge is 2.10. The van der Waals surface area contributed by atoms with E-state index in [1.807, 2.05) is 49.4 Å². The van der Waals surface area contributed by atoms with E-state index in [-0.39, 0.29) is 0 Å². The molecule has 0 N–H and O–H groups in total. The molecule has 0 aliphatic rings. The SMILES string of the molecule is Cc1cc(Br)cc2c(Cl)nc(-c3ccccc3)nc12. The van der Waals surface area contributed by atoms with Gasteiger partial charge < -0.3 is 0 Å². The molecule has 0 radical (unpaired) electrons. The van der Waals surface area contributed by atoms with Gasteiger partial charge in [0.25, 0.3) is 0 Å². The van der Waals surface area contributed by atoms with Crippen molar-refractivity contribution in [1.29, 1.82) is 0 Å². The number of hydrogen-bond donors (Lipinski definition) is 0. The van der Waals surface area contributed by atoms with Gasteiger partial charge in [-0.2, -0.15) is 0 Å². The van der Waals surface area contributed by atoms with Crippen LogP contribution in [0.2, 0.25) is 5.15 Å². The molecule has 0 bridgehead atoms. The fourth-order valence-electron chi connectivity index (χ4n) is 2.04. The summed E-state index contributed by atoms with van der Waals surface area (Å²) in [4.78, 5) is 9.02. The zero-order valence-corrected chi connectivity index (χ0v) is 12.5. The van der Waals surface area contributed by atoms with Gasteiger partial charge in [0, 0.05) is 15.4 Å². The lowest BCUT2D eigenvalue weighted by Crippen LogP contribution is -1.93. The number of hydrogen-bond acceptors (Lipinski definition) is 2. The Hall–Kier alpha value is -1.45. The molecular formula is C15H10BrClN2. The number of nitrogens with zero attached hydrogens (tertiary/aromatic N) is 2. The van der Waals surface area contributed by atoms with Crippen LogP contribution in [0.25, 0.3) is 22.3 Å². The Bertz CT molecular complexity index is 757. The van der Waals surface area contributed by atoms with Crippen molar-refractivity contribution >= 4 is 38.4 Å². The maximum atomic E-state index is 6.28. The van der Waals surface area contributed by atoms with Crippen molar-refractivity contribution in [2.24, 2.45) is 0 Å². The van der Waals surface area contributed by atoms with Crippen LogP contribution in [0, 0.1) is 6.92 Å². The second kappa shape index (κ2) is 4.91. The first-order valence-corrected chi connectivity index (χ1v) is 7.01. The van der Waals surface area contributed by atoms with Gasteiger partial charge >= 0.3 is 0 Å².